The minimum atomic E-state index is 0.0800. The molecule has 24 heavy (non-hydrogen) atoms. The van der Waals surface area contributed by atoms with Gasteiger partial charge in [-0.3, -0.25) is 4.79 Å². The van der Waals surface area contributed by atoms with Crippen LogP contribution in [0, 0.1) is 13.8 Å². The van der Waals surface area contributed by atoms with Gasteiger partial charge in [0.2, 0.25) is 5.91 Å². The van der Waals surface area contributed by atoms with Crippen molar-refractivity contribution in [2.24, 2.45) is 0 Å². The van der Waals surface area contributed by atoms with Crippen molar-refractivity contribution in [3.05, 3.63) is 47.3 Å². The normalized spacial score (nSPS) is 10.6. The minimum Gasteiger partial charge on any atom is -0.355 e. The van der Waals surface area contributed by atoms with Crippen molar-refractivity contribution >= 4 is 29.4 Å². The molecule has 1 amide bonds. The van der Waals surface area contributed by atoms with Crippen LogP contribution < -0.4 is 5.32 Å². The highest BCUT2D eigenvalue weighted by atomic mass is 32.2. The van der Waals surface area contributed by atoms with Crippen LogP contribution in [0.2, 0.25) is 0 Å². The first-order valence-electron chi connectivity index (χ1n) is 7.93. The molecule has 0 saturated carbocycles. The zero-order chi connectivity index (χ0) is 17.4. The Hall–Kier alpha value is -1.53. The predicted octanol–water partition coefficient (Wildman–Crippen LogP) is 3.66. The summed E-state index contributed by atoms with van der Waals surface area (Å²) in [7, 11) is 0. The van der Waals surface area contributed by atoms with E-state index in [0.717, 1.165) is 27.9 Å². The molecule has 2 aromatic rings. The quantitative estimate of drug-likeness (QED) is 0.442. The molecule has 2 rings (SSSR count). The van der Waals surface area contributed by atoms with Crippen molar-refractivity contribution in [1.82, 2.24) is 15.3 Å². The fraction of sp³-hybridized carbons (Fsp3) is 0.389. The van der Waals surface area contributed by atoms with Crippen LogP contribution in [0.25, 0.3) is 0 Å². The van der Waals surface area contributed by atoms with Gasteiger partial charge in [-0.1, -0.05) is 30.0 Å². The van der Waals surface area contributed by atoms with Crippen molar-refractivity contribution in [2.45, 2.75) is 36.7 Å². The molecule has 1 aromatic carbocycles. The van der Waals surface area contributed by atoms with Crippen LogP contribution in [0.3, 0.4) is 0 Å². The number of rotatable bonds is 8. The van der Waals surface area contributed by atoms with Gasteiger partial charge in [0.05, 0.1) is 0 Å². The van der Waals surface area contributed by atoms with Crippen LogP contribution in [-0.4, -0.2) is 34.4 Å². The lowest BCUT2D eigenvalue weighted by molar-refractivity contribution is -0.120. The number of aryl methyl sites for hydroxylation is 2. The lowest BCUT2D eigenvalue weighted by Crippen LogP contribution is -2.26. The van der Waals surface area contributed by atoms with E-state index >= 15 is 0 Å². The predicted molar refractivity (Wildman–Crippen MR) is 102 cm³/mol. The number of hydrogen-bond acceptors (Lipinski definition) is 5. The largest absolute Gasteiger partial charge is 0.355 e. The van der Waals surface area contributed by atoms with Crippen LogP contribution in [-0.2, 0) is 11.2 Å². The van der Waals surface area contributed by atoms with Crippen molar-refractivity contribution in [3.8, 4) is 0 Å². The molecule has 0 spiro atoms. The van der Waals surface area contributed by atoms with Crippen molar-refractivity contribution in [3.63, 3.8) is 0 Å². The van der Waals surface area contributed by atoms with Gasteiger partial charge in [-0.2, -0.15) is 0 Å². The highest BCUT2D eigenvalue weighted by Gasteiger charge is 2.10. The Bertz CT molecular complexity index is 654. The van der Waals surface area contributed by atoms with Crippen molar-refractivity contribution in [1.29, 1.82) is 0 Å². The van der Waals surface area contributed by atoms with Crippen LogP contribution in [0.1, 0.15) is 23.4 Å². The zero-order valence-electron chi connectivity index (χ0n) is 14.3. The van der Waals surface area contributed by atoms with Gasteiger partial charge in [0.15, 0.2) is 5.16 Å². The molecule has 0 unspecified atom stereocenters. The van der Waals surface area contributed by atoms with E-state index < -0.39 is 0 Å². The van der Waals surface area contributed by atoms with Crippen LogP contribution in [0.15, 0.2) is 40.4 Å². The Morgan fingerprint density at radius 2 is 1.79 bits per heavy atom. The molecule has 1 heterocycles. The Morgan fingerprint density at radius 1 is 1.12 bits per heavy atom. The molecule has 0 saturated heterocycles. The van der Waals surface area contributed by atoms with E-state index in [0.29, 0.717) is 19.4 Å². The number of hydrogen-bond donors (Lipinski definition) is 1. The maximum atomic E-state index is 12.0. The van der Waals surface area contributed by atoms with Crippen LogP contribution in [0.5, 0.6) is 0 Å². The SMILES string of the molecule is CSc1nc(C)c(CCC(=O)NCCSc2ccccc2)c(C)n1. The van der Waals surface area contributed by atoms with E-state index in [1.165, 1.54) is 16.7 Å². The smallest absolute Gasteiger partial charge is 0.220 e. The first kappa shape index (κ1) is 18.8. The number of carbonyl (C=O) groups excluding carboxylic acids is 1. The fourth-order valence-corrected chi connectivity index (χ4v) is 3.61. The number of nitrogens with zero attached hydrogens (tertiary/aromatic N) is 2. The monoisotopic (exact) mass is 361 g/mol. The Morgan fingerprint density at radius 3 is 2.42 bits per heavy atom. The van der Waals surface area contributed by atoms with E-state index in [2.05, 4.69) is 27.4 Å². The minimum absolute atomic E-state index is 0.0800. The van der Waals surface area contributed by atoms with Crippen molar-refractivity contribution < 1.29 is 4.79 Å². The molecule has 0 aliphatic heterocycles. The van der Waals surface area contributed by atoms with Gasteiger partial charge in [-0.05, 0) is 44.2 Å². The van der Waals surface area contributed by atoms with E-state index in [-0.39, 0.29) is 5.91 Å². The molecule has 0 radical (unpaired) electrons. The van der Waals surface area contributed by atoms with Gasteiger partial charge in [0.25, 0.3) is 0 Å². The Balaban J connectivity index is 1.73. The average Bonchev–Trinajstić information content (AvgIpc) is 2.58. The molecular weight excluding hydrogens is 338 g/mol. The molecule has 0 aliphatic carbocycles. The van der Waals surface area contributed by atoms with Crippen LogP contribution >= 0.6 is 23.5 Å². The number of aromatic nitrogens is 2. The summed E-state index contributed by atoms with van der Waals surface area (Å²) >= 11 is 3.29. The zero-order valence-corrected chi connectivity index (χ0v) is 16.0. The summed E-state index contributed by atoms with van der Waals surface area (Å²) in [5, 5.41) is 3.77. The van der Waals surface area contributed by atoms with E-state index in [1.54, 1.807) is 11.8 Å². The topological polar surface area (TPSA) is 54.9 Å². The molecule has 128 valence electrons. The summed E-state index contributed by atoms with van der Waals surface area (Å²) < 4.78 is 0. The molecule has 0 bridgehead atoms. The second-order valence-electron chi connectivity index (χ2n) is 5.37. The standard InChI is InChI=1S/C18H23N3OS2/c1-13-16(14(2)21-18(20-13)23-3)9-10-17(22)19-11-12-24-15-7-5-4-6-8-15/h4-8H,9-12H2,1-3H3,(H,19,22). The summed E-state index contributed by atoms with van der Waals surface area (Å²) in [6, 6.07) is 10.2. The maximum absolute atomic E-state index is 12.0. The molecule has 6 heteroatoms. The number of carbonyl (C=O) groups is 1. The molecule has 0 atom stereocenters. The number of amides is 1. The molecule has 0 aliphatic rings. The first-order chi connectivity index (χ1) is 11.6. The maximum Gasteiger partial charge on any atom is 0.220 e. The Kier molecular flexibility index (Phi) is 7.59. The molecular formula is C18H23N3OS2. The fourth-order valence-electron chi connectivity index (χ4n) is 2.36. The number of nitrogens with one attached hydrogen (secondary N) is 1. The first-order valence-corrected chi connectivity index (χ1v) is 10.1. The van der Waals surface area contributed by atoms with Gasteiger partial charge < -0.3 is 5.32 Å². The van der Waals surface area contributed by atoms with E-state index in [4.69, 9.17) is 0 Å². The average molecular weight is 362 g/mol. The van der Waals surface area contributed by atoms with Gasteiger partial charge in [0, 0.05) is 35.0 Å². The summed E-state index contributed by atoms with van der Waals surface area (Å²) in [4.78, 5) is 22.1. The summed E-state index contributed by atoms with van der Waals surface area (Å²) in [6.45, 7) is 4.65. The van der Waals surface area contributed by atoms with Gasteiger partial charge in [-0.25, -0.2) is 9.97 Å². The number of thioether (sulfide) groups is 2. The highest BCUT2D eigenvalue weighted by molar-refractivity contribution is 7.99. The summed E-state index contributed by atoms with van der Waals surface area (Å²) in [5.41, 5.74) is 3.03. The van der Waals surface area contributed by atoms with Gasteiger partial charge >= 0.3 is 0 Å². The summed E-state index contributed by atoms with van der Waals surface area (Å²) in [6.07, 6.45) is 3.12. The Labute approximate surface area is 152 Å². The summed E-state index contributed by atoms with van der Waals surface area (Å²) in [5.74, 6) is 0.954. The van der Waals surface area contributed by atoms with Crippen LogP contribution in [0.4, 0.5) is 0 Å². The third kappa shape index (κ3) is 5.83. The molecule has 0 fully saturated rings. The third-order valence-electron chi connectivity index (χ3n) is 3.62. The van der Waals surface area contributed by atoms with E-state index in [1.807, 2.05) is 38.3 Å². The second-order valence-corrected chi connectivity index (χ2v) is 7.31. The molecule has 1 aromatic heterocycles. The highest BCUT2D eigenvalue weighted by Crippen LogP contribution is 2.17. The van der Waals surface area contributed by atoms with Gasteiger partial charge in [0.1, 0.15) is 0 Å². The number of benzene rings is 1. The lowest BCUT2D eigenvalue weighted by Gasteiger charge is -2.10. The molecule has 1 N–H and O–H groups in total. The van der Waals surface area contributed by atoms with Crippen molar-refractivity contribution in [2.75, 3.05) is 18.6 Å². The lowest BCUT2D eigenvalue weighted by atomic mass is 10.1. The second kappa shape index (κ2) is 9.69. The third-order valence-corrected chi connectivity index (χ3v) is 5.18. The molecule has 4 nitrogen and oxygen atoms in total. The van der Waals surface area contributed by atoms with E-state index in [9.17, 15) is 4.79 Å². The van der Waals surface area contributed by atoms with Gasteiger partial charge in [-0.15, -0.1) is 11.8 Å².